The molecule has 0 aromatic rings. The molecule has 2 fully saturated rings. The van der Waals surface area contributed by atoms with Gasteiger partial charge in [0.1, 0.15) is 0 Å². The van der Waals surface area contributed by atoms with E-state index in [-0.39, 0.29) is 13.0 Å². The van der Waals surface area contributed by atoms with Gasteiger partial charge in [0.05, 0.1) is 0 Å². The molecule has 0 aliphatic heterocycles. The van der Waals surface area contributed by atoms with Crippen molar-refractivity contribution in [2.45, 2.75) is 97.9 Å². The van der Waals surface area contributed by atoms with Crippen LogP contribution in [0.3, 0.4) is 0 Å². The van der Waals surface area contributed by atoms with Crippen molar-refractivity contribution in [3.05, 3.63) is 20.3 Å². The van der Waals surface area contributed by atoms with Crippen LogP contribution in [0.5, 0.6) is 0 Å². The SMILES string of the molecule is CC(C)(C)[N]=[Ta].CCC1C[CH-]CC(C)C1.[CH-]1CCCCC1.[CH3-]. The molecule has 133 valence electrons. The molecular formula is C20H40NTa-3. The summed E-state index contributed by atoms with van der Waals surface area (Å²) >= 11 is 1.15. The van der Waals surface area contributed by atoms with Crippen molar-refractivity contribution < 1.29 is 20.9 Å². The number of hydrogen-bond donors (Lipinski definition) is 0. The Morgan fingerprint density at radius 2 is 1.59 bits per heavy atom. The zero-order valence-electron chi connectivity index (χ0n) is 16.1. The molecule has 0 amide bonds. The van der Waals surface area contributed by atoms with Gasteiger partial charge < -0.3 is 20.3 Å². The van der Waals surface area contributed by atoms with Crippen LogP contribution in [0.25, 0.3) is 0 Å². The van der Waals surface area contributed by atoms with Crippen LogP contribution >= 0.6 is 0 Å². The molecule has 2 saturated carbocycles. The third-order valence-corrected chi connectivity index (χ3v) is 6.15. The monoisotopic (exact) mass is 475 g/mol. The molecule has 0 radical (unpaired) electrons. The predicted molar refractivity (Wildman–Crippen MR) is 97.1 cm³/mol. The van der Waals surface area contributed by atoms with Crippen LogP contribution in [0, 0.1) is 32.1 Å². The Morgan fingerprint density at radius 3 is 1.82 bits per heavy atom. The van der Waals surface area contributed by atoms with Crippen molar-refractivity contribution in [1.82, 2.24) is 0 Å². The van der Waals surface area contributed by atoms with E-state index in [0.717, 1.165) is 32.7 Å². The van der Waals surface area contributed by atoms with Crippen LogP contribution in [0.2, 0.25) is 0 Å². The first-order valence-electron chi connectivity index (χ1n) is 8.88. The fraction of sp³-hybridized carbons (Fsp3) is 0.850. The van der Waals surface area contributed by atoms with Gasteiger partial charge in [0.2, 0.25) is 0 Å². The molecule has 0 aromatic heterocycles. The zero-order valence-corrected chi connectivity index (χ0v) is 19.3. The summed E-state index contributed by atoms with van der Waals surface area (Å²) in [4.78, 5) is 0. The number of hydrogen-bond acceptors (Lipinski definition) is 1. The van der Waals surface area contributed by atoms with Crippen LogP contribution in [-0.4, -0.2) is 5.54 Å². The van der Waals surface area contributed by atoms with Crippen LogP contribution in [0.1, 0.15) is 92.4 Å². The average Bonchev–Trinajstić information content (AvgIpc) is 2.49. The standard InChI is InChI=1S/C9H17.C6H11.C4H9N.CH3.Ta/c1-3-9-6-4-5-8(2)7-9;1-2-4-6-5-3-1;1-4(2,3)5;;/h4,8-9H,3,5-7H2,1-2H3;1H,2-6H2;1-3H3;1H3;/q2*-1;;-1;. The summed E-state index contributed by atoms with van der Waals surface area (Å²) in [5.74, 6) is 1.97. The van der Waals surface area contributed by atoms with Crippen LogP contribution in [0.15, 0.2) is 3.34 Å². The molecule has 2 atom stereocenters. The van der Waals surface area contributed by atoms with Crippen molar-refractivity contribution in [2.24, 2.45) is 15.2 Å². The second kappa shape index (κ2) is 15.1. The summed E-state index contributed by atoms with van der Waals surface area (Å²) in [6, 6.07) is 0. The Hall–Kier alpha value is 0.540. The van der Waals surface area contributed by atoms with Crippen molar-refractivity contribution in [1.29, 1.82) is 0 Å². The molecule has 0 bridgehead atoms. The second-order valence-corrected chi connectivity index (χ2v) is 8.29. The fourth-order valence-electron chi connectivity index (χ4n) is 2.61. The molecule has 1 nitrogen and oxygen atoms in total. The summed E-state index contributed by atoms with van der Waals surface area (Å²) in [7, 11) is 0. The summed E-state index contributed by atoms with van der Waals surface area (Å²) in [6.07, 6.45) is 17.5. The summed E-state index contributed by atoms with van der Waals surface area (Å²) in [5, 5.41) is 0. The predicted octanol–water partition coefficient (Wildman–Crippen LogP) is 7.16. The van der Waals surface area contributed by atoms with Gasteiger partial charge >= 0.3 is 50.5 Å². The van der Waals surface area contributed by atoms with Gasteiger partial charge in [-0.05, 0) is 0 Å². The van der Waals surface area contributed by atoms with Crippen LogP contribution in [-0.2, 0) is 20.9 Å². The van der Waals surface area contributed by atoms with Crippen molar-refractivity contribution in [3.8, 4) is 0 Å². The van der Waals surface area contributed by atoms with Crippen LogP contribution < -0.4 is 0 Å². The molecule has 2 aliphatic carbocycles. The van der Waals surface area contributed by atoms with E-state index in [9.17, 15) is 0 Å². The van der Waals surface area contributed by atoms with Crippen molar-refractivity contribution in [3.63, 3.8) is 0 Å². The van der Waals surface area contributed by atoms with E-state index < -0.39 is 0 Å². The average molecular weight is 475 g/mol. The Labute approximate surface area is 154 Å². The maximum absolute atomic E-state index is 4.13. The fourth-order valence-corrected chi connectivity index (χ4v) is 2.61. The normalized spacial score (nSPS) is 24.5. The van der Waals surface area contributed by atoms with Crippen molar-refractivity contribution in [2.75, 3.05) is 0 Å². The zero-order chi connectivity index (χ0) is 16.1. The molecule has 0 aromatic carbocycles. The molecule has 2 unspecified atom stereocenters. The van der Waals surface area contributed by atoms with Gasteiger partial charge in [0.25, 0.3) is 0 Å². The van der Waals surface area contributed by atoms with Gasteiger partial charge in [-0.2, -0.15) is 25.7 Å². The topological polar surface area (TPSA) is 12.4 Å². The first-order chi connectivity index (χ1) is 9.89. The van der Waals surface area contributed by atoms with Gasteiger partial charge in [0.15, 0.2) is 0 Å². The first-order valence-corrected chi connectivity index (χ1v) is 10.3. The summed E-state index contributed by atoms with van der Waals surface area (Å²) < 4.78 is 4.13. The van der Waals surface area contributed by atoms with Gasteiger partial charge in [-0.3, -0.25) is 0 Å². The van der Waals surface area contributed by atoms with E-state index in [1.54, 1.807) is 0 Å². The van der Waals surface area contributed by atoms with Crippen molar-refractivity contribution >= 4 is 0 Å². The first kappa shape index (κ1) is 24.8. The summed E-state index contributed by atoms with van der Waals surface area (Å²) in [5.41, 5.74) is 0.216. The smallest absolute Gasteiger partial charge is 0.0527 e. The molecular weight excluding hydrogens is 435 g/mol. The molecule has 2 heteroatoms. The van der Waals surface area contributed by atoms with E-state index in [1.807, 2.05) is 0 Å². The minimum Gasteiger partial charge on any atom is -0.358 e. The number of nitrogens with zero attached hydrogens (tertiary/aromatic N) is 1. The Bertz CT molecular complexity index is 229. The Morgan fingerprint density at radius 1 is 1.05 bits per heavy atom. The van der Waals surface area contributed by atoms with E-state index in [1.165, 1.54) is 57.8 Å². The van der Waals surface area contributed by atoms with Gasteiger partial charge in [-0.25, -0.2) is 0 Å². The van der Waals surface area contributed by atoms with E-state index in [4.69, 9.17) is 0 Å². The van der Waals surface area contributed by atoms with E-state index in [0.29, 0.717) is 0 Å². The molecule has 2 aliphatic rings. The minimum atomic E-state index is 0. The third-order valence-electron chi connectivity index (χ3n) is 4.00. The molecule has 0 heterocycles. The van der Waals surface area contributed by atoms with Gasteiger partial charge in [-0.15, -0.1) is 0 Å². The van der Waals surface area contributed by atoms with E-state index >= 15 is 0 Å². The van der Waals surface area contributed by atoms with Gasteiger partial charge in [0, 0.05) is 0 Å². The molecule has 2 rings (SSSR count). The second-order valence-electron chi connectivity index (χ2n) is 7.57. The maximum atomic E-state index is 4.13. The quantitative estimate of drug-likeness (QED) is 0.357. The largest absolute Gasteiger partial charge is 0.358 e. The summed E-state index contributed by atoms with van der Waals surface area (Å²) in [6.45, 7) is 11.0. The Kier molecular flexibility index (Phi) is 17.0. The van der Waals surface area contributed by atoms with Gasteiger partial charge in [-0.1, -0.05) is 57.8 Å². The molecule has 0 N–H and O–H groups in total. The van der Waals surface area contributed by atoms with E-state index in [2.05, 4.69) is 50.8 Å². The molecule has 0 saturated heterocycles. The minimum absolute atomic E-state index is 0. The van der Waals surface area contributed by atoms with Crippen LogP contribution in [0.4, 0.5) is 0 Å². The maximum Gasteiger partial charge on any atom is -0.0527 e. The number of rotatable bonds is 1. The molecule has 22 heavy (non-hydrogen) atoms. The Balaban J connectivity index is 0. The molecule has 0 spiro atoms. The third kappa shape index (κ3) is 16.9.